The second-order valence-electron chi connectivity index (χ2n) is 7.84. The minimum Gasteiger partial charge on any atom is -0.460 e. The highest BCUT2D eigenvalue weighted by Crippen LogP contribution is 2.45. The van der Waals surface area contributed by atoms with Crippen LogP contribution in [0.5, 0.6) is 0 Å². The van der Waals surface area contributed by atoms with E-state index >= 15 is 0 Å². The first-order chi connectivity index (χ1) is 15.5. The van der Waals surface area contributed by atoms with Gasteiger partial charge < -0.3 is 19.3 Å². The summed E-state index contributed by atoms with van der Waals surface area (Å²) in [6.45, 7) is 3.87. The summed E-state index contributed by atoms with van der Waals surface area (Å²) in [6.07, 6.45) is 2.34. The zero-order chi connectivity index (χ0) is 22.7. The highest BCUT2D eigenvalue weighted by atomic mass is 35.5. The van der Waals surface area contributed by atoms with E-state index in [0.717, 1.165) is 42.4 Å². The summed E-state index contributed by atoms with van der Waals surface area (Å²) in [5.74, 6) is -0.356. The molecule has 3 aliphatic rings. The molecule has 0 N–H and O–H groups in total. The van der Waals surface area contributed by atoms with Gasteiger partial charge in [0.15, 0.2) is 5.17 Å². The van der Waals surface area contributed by atoms with Crippen LogP contribution in [0.2, 0.25) is 5.02 Å². The van der Waals surface area contributed by atoms with Crippen molar-refractivity contribution >= 4 is 40.4 Å². The Hall–Kier alpha value is -2.29. The maximum absolute atomic E-state index is 13.1. The van der Waals surface area contributed by atoms with Crippen LogP contribution in [-0.4, -0.2) is 60.3 Å². The zero-order valence-electron chi connectivity index (χ0n) is 18.2. The first kappa shape index (κ1) is 22.9. The molecule has 3 aliphatic heterocycles. The van der Waals surface area contributed by atoms with Crippen LogP contribution in [0.15, 0.2) is 51.6 Å². The zero-order valence-corrected chi connectivity index (χ0v) is 19.7. The minimum atomic E-state index is -0.483. The number of allylic oxidation sites excluding steroid dienone is 1. The molecule has 1 aromatic rings. The van der Waals surface area contributed by atoms with Gasteiger partial charge in [0.1, 0.15) is 6.61 Å². The molecular formula is C23H26ClN3O4S. The lowest BCUT2D eigenvalue weighted by Gasteiger charge is -2.36. The quantitative estimate of drug-likeness (QED) is 0.436. The molecule has 9 heteroatoms. The molecule has 0 saturated carbocycles. The number of likely N-dealkylation sites (tertiary alicyclic amines) is 1. The van der Waals surface area contributed by atoms with Crippen molar-refractivity contribution < 1.29 is 19.1 Å². The van der Waals surface area contributed by atoms with Gasteiger partial charge in [0, 0.05) is 30.9 Å². The molecule has 170 valence electrons. The molecule has 0 radical (unpaired) electrons. The number of amidine groups is 1. The number of fused-ring (bicyclic) bond motifs is 1. The lowest BCUT2D eigenvalue weighted by molar-refractivity contribution is -0.141. The summed E-state index contributed by atoms with van der Waals surface area (Å²) < 4.78 is 10.5. The number of rotatable bonds is 7. The van der Waals surface area contributed by atoms with Crippen LogP contribution >= 0.6 is 23.4 Å². The van der Waals surface area contributed by atoms with Crippen molar-refractivity contribution in [3.63, 3.8) is 0 Å². The Kier molecular flexibility index (Phi) is 7.23. The molecule has 0 aliphatic carbocycles. The van der Waals surface area contributed by atoms with Crippen molar-refractivity contribution in [1.29, 1.82) is 0 Å². The average Bonchev–Trinajstić information content (AvgIpc) is 3.43. The number of esters is 1. The van der Waals surface area contributed by atoms with Crippen molar-refractivity contribution in [2.75, 3.05) is 33.4 Å². The van der Waals surface area contributed by atoms with Crippen LogP contribution in [-0.2, 0) is 19.1 Å². The van der Waals surface area contributed by atoms with E-state index in [9.17, 15) is 9.59 Å². The first-order valence-electron chi connectivity index (χ1n) is 10.6. The molecule has 7 nitrogen and oxygen atoms in total. The average molecular weight is 476 g/mol. The number of halogens is 1. The molecule has 32 heavy (non-hydrogen) atoms. The van der Waals surface area contributed by atoms with Crippen molar-refractivity contribution in [3.8, 4) is 0 Å². The standard InChI is InChI=1S/C23H26ClN3O4S/c1-15-20(22(29)31-11-10-30-2)21(16-6-5-7-17(24)12-16)27-18(14-32-23(27)25-15)13-19(28)26-8-3-4-9-26/h5-7,12,14,21H,3-4,8-11,13H2,1-2H3/t21-/m1/s1. The van der Waals surface area contributed by atoms with Crippen molar-refractivity contribution in [3.05, 3.63) is 57.2 Å². The number of carbonyl (C=O) groups excluding carboxylic acids is 2. The molecule has 0 bridgehead atoms. The van der Waals surface area contributed by atoms with E-state index < -0.39 is 12.0 Å². The largest absolute Gasteiger partial charge is 0.460 e. The molecule has 3 heterocycles. The van der Waals surface area contributed by atoms with E-state index in [0.29, 0.717) is 22.9 Å². The third-order valence-electron chi connectivity index (χ3n) is 5.70. The summed E-state index contributed by atoms with van der Waals surface area (Å²) in [4.78, 5) is 34.6. The Bertz CT molecular complexity index is 1000. The van der Waals surface area contributed by atoms with Gasteiger partial charge >= 0.3 is 5.97 Å². The lowest BCUT2D eigenvalue weighted by Crippen LogP contribution is -2.38. The van der Waals surface area contributed by atoms with E-state index in [1.54, 1.807) is 13.2 Å². The number of carbonyl (C=O) groups is 2. The monoisotopic (exact) mass is 475 g/mol. The fraction of sp³-hybridized carbons (Fsp3) is 0.435. The van der Waals surface area contributed by atoms with Crippen LogP contribution in [0.3, 0.4) is 0 Å². The number of hydrogen-bond donors (Lipinski definition) is 0. The van der Waals surface area contributed by atoms with Crippen molar-refractivity contribution in [2.45, 2.75) is 32.2 Å². The third kappa shape index (κ3) is 4.72. The molecule has 1 fully saturated rings. The Morgan fingerprint density at radius 3 is 2.75 bits per heavy atom. The minimum absolute atomic E-state index is 0.0935. The molecule has 1 saturated heterocycles. The molecule has 1 atom stereocenters. The van der Waals surface area contributed by atoms with Gasteiger partial charge in [0.2, 0.25) is 5.91 Å². The summed E-state index contributed by atoms with van der Waals surface area (Å²) in [5.41, 5.74) is 2.70. The number of amides is 1. The van der Waals surface area contributed by atoms with Crippen LogP contribution in [0.4, 0.5) is 0 Å². The van der Waals surface area contributed by atoms with E-state index in [-0.39, 0.29) is 18.9 Å². The van der Waals surface area contributed by atoms with Gasteiger partial charge in [0.05, 0.1) is 30.3 Å². The maximum Gasteiger partial charge on any atom is 0.338 e. The van der Waals surface area contributed by atoms with Crippen molar-refractivity contribution in [1.82, 2.24) is 9.80 Å². The van der Waals surface area contributed by atoms with Gasteiger partial charge in [-0.2, -0.15) is 0 Å². The molecule has 0 unspecified atom stereocenters. The fourth-order valence-electron chi connectivity index (χ4n) is 4.15. The third-order valence-corrected chi connectivity index (χ3v) is 6.82. The van der Waals surface area contributed by atoms with Gasteiger partial charge in [-0.15, -0.1) is 0 Å². The molecule has 1 amide bonds. The molecular weight excluding hydrogens is 450 g/mol. The highest BCUT2D eigenvalue weighted by molar-refractivity contribution is 8.16. The summed E-state index contributed by atoms with van der Waals surface area (Å²) in [5, 5.41) is 3.27. The Balaban J connectivity index is 1.68. The summed E-state index contributed by atoms with van der Waals surface area (Å²) in [6, 6.07) is 6.94. The van der Waals surface area contributed by atoms with Gasteiger partial charge in [0.25, 0.3) is 0 Å². The Morgan fingerprint density at radius 2 is 2.03 bits per heavy atom. The number of hydrogen-bond acceptors (Lipinski definition) is 7. The van der Waals surface area contributed by atoms with Crippen LogP contribution in [0.25, 0.3) is 0 Å². The number of aliphatic imine (C=N–C) groups is 1. The summed E-state index contributed by atoms with van der Waals surface area (Å²) in [7, 11) is 1.56. The smallest absolute Gasteiger partial charge is 0.338 e. The number of benzene rings is 1. The fourth-order valence-corrected chi connectivity index (χ4v) is 5.31. The molecule has 0 aromatic heterocycles. The van der Waals surface area contributed by atoms with E-state index in [4.69, 9.17) is 21.1 Å². The van der Waals surface area contributed by atoms with Gasteiger partial charge in [-0.1, -0.05) is 35.5 Å². The normalized spacial score (nSPS) is 20.3. The van der Waals surface area contributed by atoms with Crippen LogP contribution < -0.4 is 0 Å². The number of thioether (sulfide) groups is 1. The topological polar surface area (TPSA) is 71.4 Å². The highest BCUT2D eigenvalue weighted by Gasteiger charge is 2.41. The van der Waals surface area contributed by atoms with E-state index in [1.807, 2.05) is 40.3 Å². The van der Waals surface area contributed by atoms with Gasteiger partial charge in [-0.25, -0.2) is 9.79 Å². The van der Waals surface area contributed by atoms with E-state index in [1.165, 1.54) is 11.8 Å². The molecule has 0 spiro atoms. The van der Waals surface area contributed by atoms with Crippen LogP contribution in [0.1, 0.15) is 37.8 Å². The Labute approximate surface area is 197 Å². The summed E-state index contributed by atoms with van der Waals surface area (Å²) >= 11 is 7.77. The number of nitrogens with zero attached hydrogens (tertiary/aromatic N) is 3. The second kappa shape index (κ2) is 10.1. The first-order valence-corrected chi connectivity index (χ1v) is 11.9. The second-order valence-corrected chi connectivity index (χ2v) is 9.11. The Morgan fingerprint density at radius 1 is 1.25 bits per heavy atom. The van der Waals surface area contributed by atoms with E-state index in [2.05, 4.69) is 4.99 Å². The predicted octanol–water partition coefficient (Wildman–Crippen LogP) is 4.12. The van der Waals surface area contributed by atoms with Gasteiger partial charge in [-0.3, -0.25) is 4.79 Å². The maximum atomic E-state index is 13.1. The van der Waals surface area contributed by atoms with Crippen LogP contribution in [0, 0.1) is 0 Å². The number of methoxy groups -OCH3 is 1. The number of ether oxygens (including phenoxy) is 2. The van der Waals surface area contributed by atoms with Crippen molar-refractivity contribution in [2.24, 2.45) is 4.99 Å². The SMILES string of the molecule is COCCOC(=O)C1=C(C)N=C2SC=C(CC(=O)N3CCCC3)N2[C@@H]1c1cccc(Cl)c1. The molecule has 1 aromatic carbocycles. The van der Waals surface area contributed by atoms with Gasteiger partial charge in [-0.05, 0) is 42.9 Å². The predicted molar refractivity (Wildman–Crippen MR) is 125 cm³/mol. The lowest BCUT2D eigenvalue weighted by atomic mass is 9.94. The molecule has 4 rings (SSSR count).